The Morgan fingerprint density at radius 3 is 2.13 bits per heavy atom. The fourth-order valence-electron chi connectivity index (χ4n) is 3.57. The zero-order valence-corrected chi connectivity index (χ0v) is 17.9. The molecule has 0 radical (unpaired) electrons. The number of hydrogen-bond donors (Lipinski definition) is 1. The lowest BCUT2D eigenvalue weighted by atomic mass is 10.1. The van der Waals surface area contributed by atoms with Gasteiger partial charge in [0, 0.05) is 5.56 Å². The van der Waals surface area contributed by atoms with Crippen LogP contribution in [0.1, 0.15) is 12.5 Å². The third-order valence-electron chi connectivity index (χ3n) is 5.24. The molecule has 8 heteroatoms. The fourth-order valence-corrected chi connectivity index (χ4v) is 3.57. The lowest BCUT2D eigenvalue weighted by Crippen LogP contribution is -2.33. The van der Waals surface area contributed by atoms with Crippen LogP contribution in [-0.4, -0.2) is 61.0 Å². The summed E-state index contributed by atoms with van der Waals surface area (Å²) in [4.78, 5) is 13.5. The number of methoxy groups -OCH3 is 2. The van der Waals surface area contributed by atoms with Crippen LogP contribution in [0.3, 0.4) is 0 Å². The summed E-state index contributed by atoms with van der Waals surface area (Å²) in [5.41, 5.74) is 3.32. The van der Waals surface area contributed by atoms with Crippen molar-refractivity contribution in [1.29, 1.82) is 0 Å². The number of nitrogens with one attached hydrogen (secondary N) is 1. The zero-order chi connectivity index (χ0) is 21.8. The Morgan fingerprint density at radius 2 is 1.55 bits per heavy atom. The van der Waals surface area contributed by atoms with Crippen molar-refractivity contribution in [2.75, 3.05) is 40.5 Å². The zero-order valence-electron chi connectivity index (χ0n) is 17.9. The topological polar surface area (TPSA) is 81.1 Å². The van der Waals surface area contributed by atoms with Crippen LogP contribution in [0.2, 0.25) is 0 Å². The Kier molecular flexibility index (Phi) is 6.08. The van der Waals surface area contributed by atoms with Crippen LogP contribution in [0.4, 0.5) is 0 Å². The average molecular weight is 422 g/mol. The van der Waals surface area contributed by atoms with E-state index >= 15 is 0 Å². The minimum atomic E-state index is -0.162. The quantitative estimate of drug-likeness (QED) is 0.618. The molecule has 0 bridgehead atoms. The molecule has 8 nitrogen and oxygen atoms in total. The summed E-state index contributed by atoms with van der Waals surface area (Å²) in [5.74, 6) is 1.48. The molecular weight excluding hydrogens is 396 g/mol. The normalized spacial score (nSPS) is 14.5. The van der Waals surface area contributed by atoms with Gasteiger partial charge in [-0.3, -0.25) is 14.9 Å². The largest absolute Gasteiger partial charge is 0.497 e. The predicted octanol–water partition coefficient (Wildman–Crippen LogP) is 2.91. The first kappa shape index (κ1) is 20.7. The molecule has 162 valence electrons. The Morgan fingerprint density at radius 1 is 0.968 bits per heavy atom. The Bertz CT molecular complexity index is 1110. The molecule has 1 fully saturated rings. The second kappa shape index (κ2) is 9.09. The standard InChI is InChI=1S/C23H26N4O4/c1-16(24-26-12-14-31-15-13-26)21-22(17-4-8-19(29-2)9-5-17)25-27(23(21)28)18-6-10-20(30-3)11-7-18/h4-11,25H,12-15H2,1-3H3/b24-16+. The molecule has 1 N–H and O–H groups in total. The van der Waals surface area contributed by atoms with Gasteiger partial charge in [0.15, 0.2) is 0 Å². The highest BCUT2D eigenvalue weighted by Crippen LogP contribution is 2.25. The molecule has 1 saturated heterocycles. The highest BCUT2D eigenvalue weighted by molar-refractivity contribution is 6.03. The van der Waals surface area contributed by atoms with Crippen LogP contribution in [0.25, 0.3) is 16.9 Å². The van der Waals surface area contributed by atoms with Gasteiger partial charge >= 0.3 is 0 Å². The van der Waals surface area contributed by atoms with Gasteiger partial charge in [-0.05, 0) is 55.5 Å². The van der Waals surface area contributed by atoms with E-state index in [0.717, 1.165) is 17.1 Å². The fraction of sp³-hybridized carbons (Fsp3) is 0.304. The molecule has 0 spiro atoms. The smallest absolute Gasteiger partial charge is 0.281 e. The van der Waals surface area contributed by atoms with Gasteiger partial charge in [0.25, 0.3) is 5.56 Å². The number of hydrogen-bond acceptors (Lipinski definition) is 6. The van der Waals surface area contributed by atoms with Gasteiger partial charge < -0.3 is 14.2 Å². The van der Waals surface area contributed by atoms with E-state index in [2.05, 4.69) is 5.10 Å². The molecule has 3 aromatic rings. The van der Waals surface area contributed by atoms with Crippen molar-refractivity contribution < 1.29 is 14.2 Å². The number of ether oxygens (including phenoxy) is 3. The number of rotatable bonds is 6. The van der Waals surface area contributed by atoms with Gasteiger partial charge in [0.05, 0.1) is 63.2 Å². The molecule has 0 amide bonds. The number of nitrogens with zero attached hydrogens (tertiary/aromatic N) is 3. The maximum Gasteiger partial charge on any atom is 0.281 e. The van der Waals surface area contributed by atoms with Crippen molar-refractivity contribution >= 4 is 5.71 Å². The van der Waals surface area contributed by atoms with Crippen molar-refractivity contribution in [2.45, 2.75) is 6.92 Å². The lowest BCUT2D eigenvalue weighted by molar-refractivity contribution is 0.0393. The van der Waals surface area contributed by atoms with Crippen molar-refractivity contribution in [1.82, 2.24) is 14.8 Å². The van der Waals surface area contributed by atoms with Crippen LogP contribution in [0, 0.1) is 0 Å². The second-order valence-corrected chi connectivity index (χ2v) is 7.18. The van der Waals surface area contributed by atoms with Gasteiger partial charge in [-0.15, -0.1) is 0 Å². The number of H-pyrrole nitrogens is 1. The third kappa shape index (κ3) is 4.34. The summed E-state index contributed by atoms with van der Waals surface area (Å²) >= 11 is 0. The summed E-state index contributed by atoms with van der Waals surface area (Å²) in [7, 11) is 3.24. The Labute approximate surface area is 180 Å². The molecule has 1 aliphatic rings. The van der Waals surface area contributed by atoms with Crippen LogP contribution in [0.5, 0.6) is 11.5 Å². The van der Waals surface area contributed by atoms with E-state index in [-0.39, 0.29) is 5.56 Å². The monoisotopic (exact) mass is 422 g/mol. The van der Waals surface area contributed by atoms with E-state index in [1.807, 2.05) is 60.5 Å². The summed E-state index contributed by atoms with van der Waals surface area (Å²) in [5, 5.41) is 9.93. The van der Waals surface area contributed by atoms with Gasteiger partial charge in [-0.25, -0.2) is 4.68 Å². The van der Waals surface area contributed by atoms with Crippen molar-refractivity contribution in [3.63, 3.8) is 0 Å². The number of aromatic nitrogens is 2. The molecule has 1 aliphatic heterocycles. The number of benzene rings is 2. The molecule has 2 aromatic carbocycles. The molecule has 0 saturated carbocycles. The first-order valence-electron chi connectivity index (χ1n) is 10.1. The van der Waals surface area contributed by atoms with Crippen LogP contribution >= 0.6 is 0 Å². The summed E-state index contributed by atoms with van der Waals surface area (Å²) in [6, 6.07) is 14.9. The van der Waals surface area contributed by atoms with Gasteiger partial charge in [-0.1, -0.05) is 0 Å². The van der Waals surface area contributed by atoms with Crippen LogP contribution in [0.15, 0.2) is 58.4 Å². The number of morpholine rings is 1. The molecule has 4 rings (SSSR count). The van der Waals surface area contributed by atoms with Crippen LogP contribution in [-0.2, 0) is 4.74 Å². The number of hydrazone groups is 1. The van der Waals surface area contributed by atoms with Gasteiger partial charge in [0.1, 0.15) is 11.5 Å². The van der Waals surface area contributed by atoms with Crippen LogP contribution < -0.4 is 15.0 Å². The SMILES string of the molecule is COc1ccc(-c2[nH]n(-c3ccc(OC)cc3)c(=O)c2/C(C)=N/N2CCOCC2)cc1. The molecule has 0 atom stereocenters. The minimum Gasteiger partial charge on any atom is -0.497 e. The van der Waals surface area contributed by atoms with E-state index in [1.165, 1.54) is 4.68 Å². The predicted molar refractivity (Wildman–Crippen MR) is 120 cm³/mol. The second-order valence-electron chi connectivity index (χ2n) is 7.18. The summed E-state index contributed by atoms with van der Waals surface area (Å²) in [6.07, 6.45) is 0. The molecular formula is C23H26N4O4. The summed E-state index contributed by atoms with van der Waals surface area (Å²) in [6.45, 7) is 4.53. The molecule has 2 heterocycles. The van der Waals surface area contributed by atoms with E-state index in [0.29, 0.717) is 49.0 Å². The minimum absolute atomic E-state index is 0.162. The highest BCUT2D eigenvalue weighted by Gasteiger charge is 2.21. The Balaban J connectivity index is 1.82. The van der Waals surface area contributed by atoms with Gasteiger partial charge in [0.2, 0.25) is 0 Å². The third-order valence-corrected chi connectivity index (χ3v) is 5.24. The van der Waals surface area contributed by atoms with E-state index in [1.54, 1.807) is 14.2 Å². The van der Waals surface area contributed by atoms with E-state index in [9.17, 15) is 4.79 Å². The first-order valence-corrected chi connectivity index (χ1v) is 10.1. The maximum atomic E-state index is 13.5. The molecule has 1 aromatic heterocycles. The first-order chi connectivity index (χ1) is 15.1. The maximum absolute atomic E-state index is 13.5. The number of aromatic amines is 1. The lowest BCUT2D eigenvalue weighted by Gasteiger charge is -2.24. The van der Waals surface area contributed by atoms with Crippen molar-refractivity contribution in [3.05, 3.63) is 64.4 Å². The molecule has 31 heavy (non-hydrogen) atoms. The highest BCUT2D eigenvalue weighted by atomic mass is 16.5. The van der Waals surface area contributed by atoms with E-state index in [4.69, 9.17) is 19.3 Å². The molecule has 0 unspecified atom stereocenters. The summed E-state index contributed by atoms with van der Waals surface area (Å²) < 4.78 is 17.4. The van der Waals surface area contributed by atoms with Crippen molar-refractivity contribution in [2.24, 2.45) is 5.10 Å². The van der Waals surface area contributed by atoms with Gasteiger partial charge in [-0.2, -0.15) is 5.10 Å². The van der Waals surface area contributed by atoms with E-state index < -0.39 is 0 Å². The Hall–Kier alpha value is -3.52. The molecule has 0 aliphatic carbocycles. The van der Waals surface area contributed by atoms with Crippen molar-refractivity contribution in [3.8, 4) is 28.4 Å². The average Bonchev–Trinajstić information content (AvgIpc) is 3.17.